The number of carbonyl (C=O) groups is 1. The van der Waals surface area contributed by atoms with Gasteiger partial charge < -0.3 is 19.7 Å². The second-order valence-electron chi connectivity index (χ2n) is 5.51. The van der Waals surface area contributed by atoms with E-state index in [1.807, 2.05) is 23.2 Å². The lowest BCUT2D eigenvalue weighted by atomic mass is 10.1. The molecule has 21 heavy (non-hydrogen) atoms. The molecule has 5 nitrogen and oxygen atoms in total. The number of piperazine rings is 1. The van der Waals surface area contributed by atoms with Crippen molar-refractivity contribution in [2.75, 3.05) is 45.2 Å². The van der Waals surface area contributed by atoms with Gasteiger partial charge in [-0.05, 0) is 18.2 Å². The molecule has 2 aromatic rings. The second kappa shape index (κ2) is 5.48. The third kappa shape index (κ3) is 2.65. The molecule has 0 radical (unpaired) electrons. The summed E-state index contributed by atoms with van der Waals surface area (Å²) in [6.07, 6.45) is 1.93. The number of aromatic amines is 1. The Balaban J connectivity index is 1.80. The minimum Gasteiger partial charge on any atom is -0.367 e. The van der Waals surface area contributed by atoms with E-state index >= 15 is 0 Å². The Kier molecular flexibility index (Phi) is 3.68. The quantitative estimate of drug-likeness (QED) is 0.880. The van der Waals surface area contributed by atoms with Gasteiger partial charge in [-0.1, -0.05) is 11.6 Å². The number of rotatable bonds is 1. The van der Waals surface area contributed by atoms with Crippen LogP contribution in [0.4, 0.5) is 10.5 Å². The lowest BCUT2D eigenvalue weighted by Crippen LogP contribution is -2.51. The topological polar surface area (TPSA) is 42.6 Å². The van der Waals surface area contributed by atoms with Crippen molar-refractivity contribution in [2.24, 2.45) is 0 Å². The maximum Gasteiger partial charge on any atom is 0.319 e. The fraction of sp³-hybridized carbons (Fsp3) is 0.400. The summed E-state index contributed by atoms with van der Waals surface area (Å²) in [7, 11) is 3.57. The van der Waals surface area contributed by atoms with E-state index in [4.69, 9.17) is 11.6 Å². The lowest BCUT2D eigenvalue weighted by Gasteiger charge is -2.37. The highest BCUT2D eigenvalue weighted by atomic mass is 35.5. The summed E-state index contributed by atoms with van der Waals surface area (Å²) in [6, 6.07) is 6.08. The summed E-state index contributed by atoms with van der Waals surface area (Å²) in [5.74, 6) is 0. The van der Waals surface area contributed by atoms with Crippen molar-refractivity contribution in [3.8, 4) is 0 Å². The first-order valence-corrected chi connectivity index (χ1v) is 7.42. The van der Waals surface area contributed by atoms with Crippen LogP contribution >= 0.6 is 11.6 Å². The van der Waals surface area contributed by atoms with E-state index in [9.17, 15) is 4.79 Å². The Bertz CT molecular complexity index is 659. The average Bonchev–Trinajstić information content (AvgIpc) is 2.93. The first-order valence-electron chi connectivity index (χ1n) is 7.04. The van der Waals surface area contributed by atoms with Gasteiger partial charge in [0.25, 0.3) is 0 Å². The third-order valence-electron chi connectivity index (χ3n) is 3.89. The molecule has 1 aromatic carbocycles. The predicted molar refractivity (Wildman–Crippen MR) is 86.2 cm³/mol. The highest BCUT2D eigenvalue weighted by molar-refractivity contribution is 6.31. The number of amides is 2. The zero-order valence-corrected chi connectivity index (χ0v) is 13.0. The highest BCUT2D eigenvalue weighted by Gasteiger charge is 2.23. The molecule has 1 saturated heterocycles. The molecule has 0 aliphatic carbocycles. The van der Waals surface area contributed by atoms with Crippen LogP contribution < -0.4 is 4.90 Å². The number of carbonyl (C=O) groups excluding carboxylic acids is 1. The van der Waals surface area contributed by atoms with Gasteiger partial charge in [-0.2, -0.15) is 0 Å². The standard InChI is InChI=1S/C15H19ClN4O/c1-18(2)15(21)20-7-5-19(6-8-20)14-10-11(16)9-13-12(14)3-4-17-13/h3-4,9-10,17H,5-8H2,1-2H3. The van der Waals surface area contributed by atoms with Crippen molar-refractivity contribution in [1.29, 1.82) is 0 Å². The van der Waals surface area contributed by atoms with E-state index in [1.54, 1.807) is 19.0 Å². The third-order valence-corrected chi connectivity index (χ3v) is 4.10. The Labute approximate surface area is 129 Å². The monoisotopic (exact) mass is 306 g/mol. The Morgan fingerprint density at radius 3 is 2.62 bits per heavy atom. The predicted octanol–water partition coefficient (Wildman–Crippen LogP) is 2.62. The summed E-state index contributed by atoms with van der Waals surface area (Å²) in [4.78, 5) is 21.0. The summed E-state index contributed by atoms with van der Waals surface area (Å²) in [5, 5.41) is 1.90. The molecule has 1 N–H and O–H groups in total. The molecule has 6 heteroatoms. The van der Waals surface area contributed by atoms with Crippen LogP contribution in [0, 0.1) is 0 Å². The van der Waals surface area contributed by atoms with E-state index in [-0.39, 0.29) is 6.03 Å². The van der Waals surface area contributed by atoms with Gasteiger partial charge >= 0.3 is 6.03 Å². The highest BCUT2D eigenvalue weighted by Crippen LogP contribution is 2.31. The molecule has 0 atom stereocenters. The summed E-state index contributed by atoms with van der Waals surface area (Å²) in [5.41, 5.74) is 2.18. The molecular weight excluding hydrogens is 288 g/mol. The van der Waals surface area contributed by atoms with Crippen LogP contribution in [-0.4, -0.2) is 61.1 Å². The smallest absolute Gasteiger partial charge is 0.319 e. The van der Waals surface area contributed by atoms with E-state index < -0.39 is 0 Å². The zero-order valence-electron chi connectivity index (χ0n) is 12.3. The fourth-order valence-electron chi connectivity index (χ4n) is 2.80. The normalized spacial score (nSPS) is 15.6. The molecular formula is C15H19ClN4O. The maximum absolute atomic E-state index is 12.0. The van der Waals surface area contributed by atoms with Gasteiger partial charge in [-0.3, -0.25) is 0 Å². The number of hydrogen-bond donors (Lipinski definition) is 1. The molecule has 3 rings (SSSR count). The van der Waals surface area contributed by atoms with Gasteiger partial charge in [-0.25, -0.2) is 4.79 Å². The summed E-state index contributed by atoms with van der Waals surface area (Å²) < 4.78 is 0. The molecule has 1 aliphatic heterocycles. The average molecular weight is 307 g/mol. The van der Waals surface area contributed by atoms with Crippen LogP contribution in [-0.2, 0) is 0 Å². The van der Waals surface area contributed by atoms with E-state index in [0.717, 1.165) is 42.4 Å². The molecule has 2 heterocycles. The first kappa shape index (κ1) is 14.1. The number of nitrogens with one attached hydrogen (secondary N) is 1. The number of H-pyrrole nitrogens is 1. The lowest BCUT2D eigenvalue weighted by molar-refractivity contribution is 0.168. The van der Waals surface area contributed by atoms with E-state index in [2.05, 4.69) is 16.0 Å². The Morgan fingerprint density at radius 1 is 1.24 bits per heavy atom. The van der Waals surface area contributed by atoms with Crippen LogP contribution in [0.25, 0.3) is 10.9 Å². The van der Waals surface area contributed by atoms with Crippen LogP contribution in [0.5, 0.6) is 0 Å². The SMILES string of the molecule is CN(C)C(=O)N1CCN(c2cc(Cl)cc3[nH]ccc23)CC1. The molecule has 1 aromatic heterocycles. The summed E-state index contributed by atoms with van der Waals surface area (Å²) >= 11 is 6.20. The van der Waals surface area contributed by atoms with Crippen molar-refractivity contribution in [3.63, 3.8) is 0 Å². The molecule has 2 amide bonds. The number of halogens is 1. The van der Waals surface area contributed by atoms with Crippen molar-refractivity contribution < 1.29 is 4.79 Å². The molecule has 112 valence electrons. The number of nitrogens with zero attached hydrogens (tertiary/aromatic N) is 3. The van der Waals surface area contributed by atoms with Crippen molar-refractivity contribution in [3.05, 3.63) is 29.4 Å². The Hall–Kier alpha value is -1.88. The van der Waals surface area contributed by atoms with Gasteiger partial charge in [-0.15, -0.1) is 0 Å². The molecule has 1 aliphatic rings. The zero-order chi connectivity index (χ0) is 15.0. The fourth-order valence-corrected chi connectivity index (χ4v) is 3.01. The minimum absolute atomic E-state index is 0.0764. The molecule has 0 unspecified atom stereocenters. The molecule has 0 spiro atoms. The van der Waals surface area contributed by atoms with Gasteiger partial charge in [0.1, 0.15) is 0 Å². The number of fused-ring (bicyclic) bond motifs is 1. The van der Waals surface area contributed by atoms with Crippen LogP contribution in [0.3, 0.4) is 0 Å². The van der Waals surface area contributed by atoms with Gasteiger partial charge in [0.05, 0.1) is 0 Å². The number of benzene rings is 1. The molecule has 0 bridgehead atoms. The van der Waals surface area contributed by atoms with Crippen molar-refractivity contribution in [2.45, 2.75) is 0 Å². The van der Waals surface area contributed by atoms with E-state index in [0.29, 0.717) is 0 Å². The number of hydrogen-bond acceptors (Lipinski definition) is 2. The van der Waals surface area contributed by atoms with Gasteiger partial charge in [0.2, 0.25) is 0 Å². The summed E-state index contributed by atoms with van der Waals surface area (Å²) in [6.45, 7) is 3.10. The number of urea groups is 1. The van der Waals surface area contributed by atoms with Crippen LogP contribution in [0.15, 0.2) is 24.4 Å². The van der Waals surface area contributed by atoms with Gasteiger partial charge in [0.15, 0.2) is 0 Å². The number of anilines is 1. The molecule has 1 fully saturated rings. The first-order chi connectivity index (χ1) is 10.1. The van der Waals surface area contributed by atoms with Gasteiger partial charge in [0, 0.05) is 68.1 Å². The van der Waals surface area contributed by atoms with Crippen LogP contribution in [0.1, 0.15) is 0 Å². The molecule has 0 saturated carbocycles. The second-order valence-corrected chi connectivity index (χ2v) is 5.95. The van der Waals surface area contributed by atoms with E-state index in [1.165, 1.54) is 5.39 Å². The largest absolute Gasteiger partial charge is 0.367 e. The number of aromatic nitrogens is 1. The van der Waals surface area contributed by atoms with Crippen LogP contribution in [0.2, 0.25) is 5.02 Å². The maximum atomic E-state index is 12.0. The van der Waals surface area contributed by atoms with Crippen molar-refractivity contribution in [1.82, 2.24) is 14.8 Å². The Morgan fingerprint density at radius 2 is 1.95 bits per heavy atom. The minimum atomic E-state index is 0.0764. The van der Waals surface area contributed by atoms with Crippen molar-refractivity contribution >= 4 is 34.2 Å².